The van der Waals surface area contributed by atoms with Crippen LogP contribution in [0.5, 0.6) is 0 Å². The Hall–Kier alpha value is -0.0600. The molecule has 2 aliphatic carbocycles. The molecule has 0 saturated heterocycles. The predicted molar refractivity (Wildman–Crippen MR) is 79.1 cm³/mol. The predicted octanol–water partition coefficient (Wildman–Crippen LogP) is -1.46. The van der Waals surface area contributed by atoms with Crippen molar-refractivity contribution >= 4 is 11.9 Å². The number of fused-ring (bicyclic) bond motifs is 2. The van der Waals surface area contributed by atoms with E-state index in [4.69, 9.17) is 0 Å². The molecule has 4 unspecified atom stereocenters. The van der Waals surface area contributed by atoms with Gasteiger partial charge in [0.05, 0.1) is 0 Å². The average Bonchev–Trinajstić information content (AvgIpc) is 2.95. The third kappa shape index (κ3) is 4.27. The number of rotatable bonds is 6. The van der Waals surface area contributed by atoms with Gasteiger partial charge in [-0.3, -0.25) is 4.79 Å². The number of hydrogen-bond acceptors (Lipinski definition) is 3. The van der Waals surface area contributed by atoms with Crippen molar-refractivity contribution in [2.24, 2.45) is 35.5 Å². The largest absolute Gasteiger partial charge is 1.00 e. The summed E-state index contributed by atoms with van der Waals surface area (Å²) in [6.07, 6.45) is 2.84. The van der Waals surface area contributed by atoms with Gasteiger partial charge in [0.15, 0.2) is 0 Å². The monoisotopic (exact) mass is 317 g/mol. The first-order valence-corrected chi connectivity index (χ1v) is 8.30. The van der Waals surface area contributed by atoms with Crippen LogP contribution in [0.1, 0.15) is 47.0 Å². The van der Waals surface area contributed by atoms with Crippen molar-refractivity contribution in [3.63, 3.8) is 0 Å². The summed E-state index contributed by atoms with van der Waals surface area (Å²) in [7, 11) is 0. The van der Waals surface area contributed by atoms with Gasteiger partial charge >= 0.3 is 29.6 Å². The van der Waals surface area contributed by atoms with Crippen LogP contribution in [-0.2, 0) is 9.59 Å². The standard InChI is InChI=1S/C17H29NO3.Na/c1-10(2)8-18(9-11(3)4)16(19)14-12-5-6-13(7-12)15(14)17(20)21;/h10-15H,5-9H2,1-4H3,(H,20,21);/q;+1/p-1. The molecule has 2 saturated carbocycles. The van der Waals surface area contributed by atoms with Gasteiger partial charge in [0, 0.05) is 30.9 Å². The Bertz CT molecular complexity index is 401. The van der Waals surface area contributed by atoms with Gasteiger partial charge in [-0.05, 0) is 42.9 Å². The minimum Gasteiger partial charge on any atom is -0.550 e. The van der Waals surface area contributed by atoms with Crippen molar-refractivity contribution in [2.45, 2.75) is 47.0 Å². The van der Waals surface area contributed by atoms with Gasteiger partial charge in [0.2, 0.25) is 5.91 Å². The molecule has 0 radical (unpaired) electrons. The summed E-state index contributed by atoms with van der Waals surface area (Å²) in [4.78, 5) is 26.3. The number of hydrogen-bond donors (Lipinski definition) is 0. The molecule has 2 rings (SSSR count). The Morgan fingerprint density at radius 2 is 1.45 bits per heavy atom. The summed E-state index contributed by atoms with van der Waals surface area (Å²) >= 11 is 0. The molecule has 0 aromatic carbocycles. The van der Waals surface area contributed by atoms with Gasteiger partial charge in [-0.15, -0.1) is 0 Å². The summed E-state index contributed by atoms with van der Waals surface area (Å²) in [6, 6.07) is 0. The maximum Gasteiger partial charge on any atom is 1.00 e. The zero-order valence-electron chi connectivity index (χ0n) is 14.7. The molecule has 0 spiro atoms. The summed E-state index contributed by atoms with van der Waals surface area (Å²) in [6.45, 7) is 9.81. The van der Waals surface area contributed by atoms with Gasteiger partial charge in [0.25, 0.3) is 0 Å². The molecule has 4 nitrogen and oxygen atoms in total. The van der Waals surface area contributed by atoms with Gasteiger partial charge in [-0.2, -0.15) is 0 Å². The smallest absolute Gasteiger partial charge is 0.550 e. The normalized spacial score (nSPS) is 29.7. The topological polar surface area (TPSA) is 60.4 Å². The first-order chi connectivity index (χ1) is 9.81. The second-order valence-corrected chi connectivity index (χ2v) is 7.73. The van der Waals surface area contributed by atoms with Crippen LogP contribution in [0.15, 0.2) is 0 Å². The van der Waals surface area contributed by atoms with Crippen LogP contribution in [-0.4, -0.2) is 29.9 Å². The third-order valence-corrected chi connectivity index (χ3v) is 4.96. The minimum absolute atomic E-state index is 0. The maximum absolute atomic E-state index is 13.0. The van der Waals surface area contributed by atoms with E-state index in [1.807, 2.05) is 4.90 Å². The Morgan fingerprint density at radius 1 is 1.00 bits per heavy atom. The Labute approximate surface area is 156 Å². The number of carboxylic acids is 1. The van der Waals surface area contributed by atoms with Crippen LogP contribution in [0.4, 0.5) is 0 Å². The average molecular weight is 317 g/mol. The van der Waals surface area contributed by atoms with Crippen LogP contribution in [0.25, 0.3) is 0 Å². The van der Waals surface area contributed by atoms with Crippen molar-refractivity contribution < 1.29 is 44.3 Å². The molecule has 120 valence electrons. The number of amides is 1. The third-order valence-electron chi connectivity index (χ3n) is 4.96. The summed E-state index contributed by atoms with van der Waals surface area (Å²) in [5.41, 5.74) is 0. The molecule has 0 aromatic heterocycles. The summed E-state index contributed by atoms with van der Waals surface area (Å²) in [5, 5.41) is 11.5. The van der Waals surface area contributed by atoms with E-state index in [-0.39, 0.29) is 53.2 Å². The summed E-state index contributed by atoms with van der Waals surface area (Å²) in [5.74, 6) is -0.653. The van der Waals surface area contributed by atoms with Crippen LogP contribution >= 0.6 is 0 Å². The van der Waals surface area contributed by atoms with Crippen LogP contribution in [0.2, 0.25) is 0 Å². The fourth-order valence-corrected chi connectivity index (χ4v) is 4.33. The molecule has 2 fully saturated rings. The van der Waals surface area contributed by atoms with E-state index in [1.165, 1.54) is 0 Å². The van der Waals surface area contributed by atoms with Gasteiger partial charge in [-0.25, -0.2) is 0 Å². The van der Waals surface area contributed by atoms with Crippen molar-refractivity contribution in [2.75, 3.05) is 13.1 Å². The first kappa shape index (κ1) is 20.0. The molecular weight excluding hydrogens is 289 g/mol. The number of nitrogens with zero attached hydrogens (tertiary/aromatic N) is 1. The van der Waals surface area contributed by atoms with Crippen LogP contribution < -0.4 is 34.7 Å². The molecule has 0 heterocycles. The molecule has 2 bridgehead atoms. The molecule has 0 aliphatic heterocycles. The zero-order chi connectivity index (χ0) is 15.7. The second kappa shape index (κ2) is 8.16. The van der Waals surface area contributed by atoms with E-state index >= 15 is 0 Å². The first-order valence-electron chi connectivity index (χ1n) is 8.30. The Morgan fingerprint density at radius 3 is 1.86 bits per heavy atom. The number of aliphatic carboxylic acids is 1. The fourth-order valence-electron chi connectivity index (χ4n) is 4.33. The molecular formula is C17H28NNaO3. The number of carboxylic acid groups (broad SMARTS) is 1. The number of carbonyl (C=O) groups excluding carboxylic acids is 2. The second-order valence-electron chi connectivity index (χ2n) is 7.73. The number of carbonyl (C=O) groups is 2. The Balaban J connectivity index is 0.00000242. The maximum atomic E-state index is 13.0. The summed E-state index contributed by atoms with van der Waals surface area (Å²) < 4.78 is 0. The van der Waals surface area contributed by atoms with Gasteiger partial charge < -0.3 is 14.8 Å². The molecule has 0 N–H and O–H groups in total. The Kier molecular flexibility index (Phi) is 7.41. The quantitative estimate of drug-likeness (QED) is 0.563. The van der Waals surface area contributed by atoms with Crippen LogP contribution in [0.3, 0.4) is 0 Å². The fraction of sp³-hybridized carbons (Fsp3) is 0.882. The SMILES string of the molecule is CC(C)CN(CC(C)C)C(=O)C1C2CCC(C2)C1C(=O)[O-].[Na+]. The molecule has 0 aromatic rings. The molecule has 2 aliphatic rings. The van der Waals surface area contributed by atoms with E-state index in [2.05, 4.69) is 27.7 Å². The van der Waals surface area contributed by atoms with Crippen LogP contribution in [0, 0.1) is 35.5 Å². The van der Waals surface area contributed by atoms with Gasteiger partial charge in [0.1, 0.15) is 0 Å². The molecule has 22 heavy (non-hydrogen) atoms. The molecule has 5 heteroatoms. The van der Waals surface area contributed by atoms with E-state index in [9.17, 15) is 14.7 Å². The van der Waals surface area contributed by atoms with Crippen molar-refractivity contribution in [1.29, 1.82) is 0 Å². The zero-order valence-corrected chi connectivity index (χ0v) is 16.7. The molecule has 1 amide bonds. The van der Waals surface area contributed by atoms with Crippen molar-refractivity contribution in [3.8, 4) is 0 Å². The van der Waals surface area contributed by atoms with E-state index in [0.29, 0.717) is 24.9 Å². The van der Waals surface area contributed by atoms with Gasteiger partial charge in [-0.1, -0.05) is 27.7 Å². The van der Waals surface area contributed by atoms with Crippen molar-refractivity contribution in [1.82, 2.24) is 4.90 Å². The van der Waals surface area contributed by atoms with E-state index in [1.54, 1.807) is 0 Å². The minimum atomic E-state index is -1.02. The molecule has 4 atom stereocenters. The van der Waals surface area contributed by atoms with E-state index < -0.39 is 11.9 Å². The van der Waals surface area contributed by atoms with Crippen molar-refractivity contribution in [3.05, 3.63) is 0 Å². The van der Waals surface area contributed by atoms with E-state index in [0.717, 1.165) is 19.3 Å².